The highest BCUT2D eigenvalue weighted by molar-refractivity contribution is 5.52. The van der Waals surface area contributed by atoms with Crippen molar-refractivity contribution in [3.8, 4) is 17.6 Å². The summed E-state index contributed by atoms with van der Waals surface area (Å²) < 4.78 is 10.8. The zero-order valence-corrected chi connectivity index (χ0v) is 9.96. The number of nitrogens with zero attached hydrogens (tertiary/aromatic N) is 2. The Hall–Kier alpha value is -2.54. The molecule has 2 rings (SSSR count). The SMILES string of the molecule is COc1cccc(C#N)c1OCc1ccccn1. The first-order valence-electron chi connectivity index (χ1n) is 5.45. The molecular weight excluding hydrogens is 228 g/mol. The van der Waals surface area contributed by atoms with Crippen LogP contribution in [-0.2, 0) is 6.61 Å². The number of ether oxygens (including phenoxy) is 2. The number of rotatable bonds is 4. The third-order valence-corrected chi connectivity index (χ3v) is 2.41. The fourth-order valence-corrected chi connectivity index (χ4v) is 1.54. The molecule has 0 saturated carbocycles. The van der Waals surface area contributed by atoms with E-state index < -0.39 is 0 Å². The van der Waals surface area contributed by atoms with E-state index >= 15 is 0 Å². The summed E-state index contributed by atoms with van der Waals surface area (Å²) in [5, 5.41) is 9.03. The van der Waals surface area contributed by atoms with Crippen LogP contribution in [0, 0.1) is 11.3 Å². The molecule has 1 aromatic heterocycles. The van der Waals surface area contributed by atoms with Crippen LogP contribution in [-0.4, -0.2) is 12.1 Å². The van der Waals surface area contributed by atoms with Gasteiger partial charge in [-0.1, -0.05) is 12.1 Å². The van der Waals surface area contributed by atoms with Crippen LogP contribution >= 0.6 is 0 Å². The fraction of sp³-hybridized carbons (Fsp3) is 0.143. The van der Waals surface area contributed by atoms with Crippen molar-refractivity contribution in [3.63, 3.8) is 0 Å². The Kier molecular flexibility index (Phi) is 3.77. The third kappa shape index (κ3) is 2.58. The summed E-state index contributed by atoms with van der Waals surface area (Å²) in [5.41, 5.74) is 1.25. The van der Waals surface area contributed by atoms with Gasteiger partial charge in [-0.2, -0.15) is 5.26 Å². The van der Waals surface area contributed by atoms with E-state index in [9.17, 15) is 0 Å². The standard InChI is InChI=1S/C14H12N2O2/c1-17-13-7-4-5-11(9-15)14(13)18-10-12-6-2-3-8-16-12/h2-8H,10H2,1H3. The molecule has 0 bridgehead atoms. The lowest BCUT2D eigenvalue weighted by Crippen LogP contribution is -2.01. The first kappa shape index (κ1) is 11.9. The first-order chi connectivity index (χ1) is 8.85. The Labute approximate surface area is 105 Å². The van der Waals surface area contributed by atoms with Crippen molar-refractivity contribution in [2.24, 2.45) is 0 Å². The number of para-hydroxylation sites is 1. The van der Waals surface area contributed by atoms with E-state index in [0.717, 1.165) is 5.69 Å². The van der Waals surface area contributed by atoms with Crippen molar-refractivity contribution in [1.29, 1.82) is 5.26 Å². The van der Waals surface area contributed by atoms with Gasteiger partial charge in [0.25, 0.3) is 0 Å². The largest absolute Gasteiger partial charge is 0.493 e. The summed E-state index contributed by atoms with van der Waals surface area (Å²) in [4.78, 5) is 4.16. The topological polar surface area (TPSA) is 55.1 Å². The fourth-order valence-electron chi connectivity index (χ4n) is 1.54. The molecule has 0 amide bonds. The number of pyridine rings is 1. The number of hydrogen-bond acceptors (Lipinski definition) is 4. The van der Waals surface area contributed by atoms with Gasteiger partial charge in [0.05, 0.1) is 18.4 Å². The van der Waals surface area contributed by atoms with Crippen LogP contribution < -0.4 is 9.47 Å². The van der Waals surface area contributed by atoms with Crippen LogP contribution in [0.15, 0.2) is 42.6 Å². The van der Waals surface area contributed by atoms with Gasteiger partial charge in [0.1, 0.15) is 12.7 Å². The Morgan fingerprint density at radius 3 is 2.78 bits per heavy atom. The zero-order chi connectivity index (χ0) is 12.8. The molecule has 90 valence electrons. The quantitative estimate of drug-likeness (QED) is 0.824. The molecule has 0 N–H and O–H groups in total. The minimum atomic E-state index is 0.301. The maximum atomic E-state index is 9.03. The molecule has 0 fully saturated rings. The van der Waals surface area contributed by atoms with E-state index in [2.05, 4.69) is 11.1 Å². The van der Waals surface area contributed by atoms with Gasteiger partial charge in [-0.25, -0.2) is 0 Å². The van der Waals surface area contributed by atoms with E-state index in [1.807, 2.05) is 18.2 Å². The summed E-state index contributed by atoms with van der Waals surface area (Å²) in [6.07, 6.45) is 1.70. The summed E-state index contributed by atoms with van der Waals surface area (Å²) >= 11 is 0. The normalized spacial score (nSPS) is 9.56. The average molecular weight is 240 g/mol. The molecule has 0 saturated heterocycles. The third-order valence-electron chi connectivity index (χ3n) is 2.41. The van der Waals surface area contributed by atoms with E-state index in [1.165, 1.54) is 0 Å². The van der Waals surface area contributed by atoms with Gasteiger partial charge in [-0.05, 0) is 24.3 Å². The minimum Gasteiger partial charge on any atom is -0.493 e. The van der Waals surface area contributed by atoms with Gasteiger partial charge in [0, 0.05) is 6.20 Å². The number of methoxy groups -OCH3 is 1. The molecule has 0 atom stereocenters. The molecule has 4 heteroatoms. The number of benzene rings is 1. The Balaban J connectivity index is 2.21. The maximum absolute atomic E-state index is 9.03. The van der Waals surface area contributed by atoms with Crippen molar-refractivity contribution in [3.05, 3.63) is 53.9 Å². The van der Waals surface area contributed by atoms with E-state index in [4.69, 9.17) is 14.7 Å². The lowest BCUT2D eigenvalue weighted by atomic mass is 10.2. The van der Waals surface area contributed by atoms with Gasteiger partial charge in [0.15, 0.2) is 11.5 Å². The lowest BCUT2D eigenvalue weighted by Gasteiger charge is -2.11. The molecule has 0 radical (unpaired) electrons. The molecule has 0 aliphatic heterocycles. The van der Waals surface area contributed by atoms with Gasteiger partial charge in [0.2, 0.25) is 0 Å². The summed E-state index contributed by atoms with van der Waals surface area (Å²) in [7, 11) is 1.55. The van der Waals surface area contributed by atoms with E-state index in [0.29, 0.717) is 23.7 Å². The number of nitriles is 1. The van der Waals surface area contributed by atoms with Crippen molar-refractivity contribution in [2.75, 3.05) is 7.11 Å². The number of aromatic nitrogens is 1. The molecule has 1 heterocycles. The highest BCUT2D eigenvalue weighted by atomic mass is 16.5. The van der Waals surface area contributed by atoms with Crippen LogP contribution in [0.4, 0.5) is 0 Å². The van der Waals surface area contributed by atoms with Crippen LogP contribution in [0.3, 0.4) is 0 Å². The van der Waals surface area contributed by atoms with Crippen LogP contribution in [0.2, 0.25) is 0 Å². The number of hydrogen-bond donors (Lipinski definition) is 0. The maximum Gasteiger partial charge on any atom is 0.179 e. The van der Waals surface area contributed by atoms with Crippen LogP contribution in [0.1, 0.15) is 11.3 Å². The highest BCUT2D eigenvalue weighted by Gasteiger charge is 2.10. The van der Waals surface area contributed by atoms with Crippen molar-refractivity contribution >= 4 is 0 Å². The predicted molar refractivity (Wildman–Crippen MR) is 66.3 cm³/mol. The van der Waals surface area contributed by atoms with Gasteiger partial charge in [-0.15, -0.1) is 0 Å². The van der Waals surface area contributed by atoms with Crippen molar-refractivity contribution in [1.82, 2.24) is 4.98 Å². The Morgan fingerprint density at radius 1 is 1.22 bits per heavy atom. The second-order valence-electron chi connectivity index (χ2n) is 3.56. The molecule has 2 aromatic rings. The van der Waals surface area contributed by atoms with Crippen LogP contribution in [0.25, 0.3) is 0 Å². The lowest BCUT2D eigenvalue weighted by molar-refractivity contribution is 0.280. The molecule has 0 unspecified atom stereocenters. The van der Waals surface area contributed by atoms with Gasteiger partial charge < -0.3 is 9.47 Å². The van der Waals surface area contributed by atoms with Gasteiger partial charge in [-0.3, -0.25) is 4.98 Å². The summed E-state index contributed by atoms with van der Waals surface area (Å²) in [6.45, 7) is 0.301. The molecule has 4 nitrogen and oxygen atoms in total. The highest BCUT2D eigenvalue weighted by Crippen LogP contribution is 2.30. The van der Waals surface area contributed by atoms with E-state index in [1.54, 1.807) is 31.5 Å². The molecular formula is C14H12N2O2. The summed E-state index contributed by atoms with van der Waals surface area (Å²) in [5.74, 6) is 0.998. The first-order valence-corrected chi connectivity index (χ1v) is 5.45. The van der Waals surface area contributed by atoms with Crippen molar-refractivity contribution in [2.45, 2.75) is 6.61 Å². The summed E-state index contributed by atoms with van der Waals surface area (Å²) in [6, 6.07) is 12.9. The molecule has 0 spiro atoms. The Morgan fingerprint density at radius 2 is 2.11 bits per heavy atom. The Bertz CT molecular complexity index is 562. The second-order valence-corrected chi connectivity index (χ2v) is 3.56. The zero-order valence-electron chi connectivity index (χ0n) is 9.96. The molecule has 0 aliphatic rings. The van der Waals surface area contributed by atoms with Crippen LogP contribution in [0.5, 0.6) is 11.5 Å². The average Bonchev–Trinajstić information content (AvgIpc) is 2.45. The predicted octanol–water partition coefficient (Wildman–Crippen LogP) is 2.54. The molecule has 0 aliphatic carbocycles. The smallest absolute Gasteiger partial charge is 0.179 e. The monoisotopic (exact) mass is 240 g/mol. The van der Waals surface area contributed by atoms with Gasteiger partial charge >= 0.3 is 0 Å². The van der Waals surface area contributed by atoms with E-state index in [-0.39, 0.29) is 0 Å². The molecule has 1 aromatic carbocycles. The minimum absolute atomic E-state index is 0.301. The second kappa shape index (κ2) is 5.69. The van der Waals surface area contributed by atoms with Crippen molar-refractivity contribution < 1.29 is 9.47 Å². The molecule has 18 heavy (non-hydrogen) atoms.